The minimum Gasteiger partial charge on any atom is -0.463 e. The van der Waals surface area contributed by atoms with Crippen LogP contribution in [0.4, 0.5) is 5.69 Å². The Morgan fingerprint density at radius 3 is 2.48 bits per heavy atom. The number of carbonyl (C=O) groups excluding carboxylic acids is 2. The number of ether oxygens (including phenoxy) is 1. The zero-order chi connectivity index (χ0) is 21.2. The SMILES string of the molecule is CCN1C(=O)[C@]2(c3ccccc31)[C@@H]1C[C@@](c3ccccc3)(Oc3ccccc31)N2C=O. The molecule has 1 spiro atoms. The zero-order valence-electron chi connectivity index (χ0n) is 17.2. The maximum Gasteiger partial charge on any atom is 0.258 e. The highest BCUT2D eigenvalue weighted by Crippen LogP contribution is 2.66. The quantitative estimate of drug-likeness (QED) is 0.610. The first-order valence-electron chi connectivity index (χ1n) is 10.7. The van der Waals surface area contributed by atoms with Crippen LogP contribution in [0.2, 0.25) is 0 Å². The number of hydrogen-bond donors (Lipinski definition) is 0. The van der Waals surface area contributed by atoms with Crippen molar-refractivity contribution in [3.05, 3.63) is 95.6 Å². The van der Waals surface area contributed by atoms with E-state index in [1.165, 1.54) is 0 Å². The molecule has 0 unspecified atom stereocenters. The highest BCUT2D eigenvalue weighted by molar-refractivity contribution is 6.10. The third kappa shape index (κ3) is 2.01. The number of likely N-dealkylation sites (tertiary alicyclic amines) is 1. The average molecular weight is 410 g/mol. The molecule has 3 atom stereocenters. The van der Waals surface area contributed by atoms with Gasteiger partial charge in [-0.05, 0) is 19.1 Å². The molecule has 2 amide bonds. The second kappa shape index (κ2) is 6.20. The summed E-state index contributed by atoms with van der Waals surface area (Å²) in [6, 6.07) is 25.5. The molecule has 0 aliphatic carbocycles. The van der Waals surface area contributed by atoms with Gasteiger partial charge in [-0.15, -0.1) is 0 Å². The highest BCUT2D eigenvalue weighted by Gasteiger charge is 2.72. The number of rotatable bonds is 3. The highest BCUT2D eigenvalue weighted by atomic mass is 16.5. The summed E-state index contributed by atoms with van der Waals surface area (Å²) >= 11 is 0. The van der Waals surface area contributed by atoms with Crippen LogP contribution >= 0.6 is 0 Å². The molecule has 3 heterocycles. The number of likely N-dealkylation sites (N-methyl/N-ethyl adjacent to an activating group) is 1. The molecule has 5 heteroatoms. The molecule has 0 radical (unpaired) electrons. The minimum atomic E-state index is -1.14. The van der Waals surface area contributed by atoms with E-state index in [9.17, 15) is 9.59 Å². The molecule has 154 valence electrons. The number of hydrogen-bond acceptors (Lipinski definition) is 3. The van der Waals surface area contributed by atoms with Gasteiger partial charge in [0.25, 0.3) is 5.91 Å². The van der Waals surface area contributed by atoms with Crippen LogP contribution in [0.3, 0.4) is 0 Å². The smallest absolute Gasteiger partial charge is 0.258 e. The van der Waals surface area contributed by atoms with E-state index >= 15 is 0 Å². The largest absolute Gasteiger partial charge is 0.463 e. The Bertz CT molecular complexity index is 1210. The fourth-order valence-electron chi connectivity index (χ4n) is 5.97. The molecule has 1 saturated heterocycles. The van der Waals surface area contributed by atoms with E-state index in [4.69, 9.17) is 4.74 Å². The van der Waals surface area contributed by atoms with Crippen molar-refractivity contribution in [2.24, 2.45) is 0 Å². The number of anilines is 1. The summed E-state index contributed by atoms with van der Waals surface area (Å²) in [6.45, 7) is 2.51. The number of nitrogens with zero attached hydrogens (tertiary/aromatic N) is 2. The van der Waals surface area contributed by atoms with Gasteiger partial charge in [-0.25, -0.2) is 0 Å². The second-order valence-corrected chi connectivity index (χ2v) is 8.36. The Balaban J connectivity index is 1.71. The summed E-state index contributed by atoms with van der Waals surface area (Å²) < 4.78 is 6.64. The summed E-state index contributed by atoms with van der Waals surface area (Å²) in [5.41, 5.74) is 1.40. The third-order valence-electron chi connectivity index (χ3n) is 7.15. The molecule has 31 heavy (non-hydrogen) atoms. The summed E-state index contributed by atoms with van der Waals surface area (Å²) in [5, 5.41) is 0. The first kappa shape index (κ1) is 18.2. The van der Waals surface area contributed by atoms with Gasteiger partial charge in [0.2, 0.25) is 12.1 Å². The van der Waals surface area contributed by atoms with E-state index in [1.54, 1.807) is 9.80 Å². The van der Waals surface area contributed by atoms with Crippen LogP contribution in [0.1, 0.15) is 36.0 Å². The van der Waals surface area contributed by atoms with E-state index in [-0.39, 0.29) is 11.8 Å². The summed E-state index contributed by atoms with van der Waals surface area (Å²) in [5.74, 6) is 0.450. The van der Waals surface area contributed by atoms with Gasteiger partial charge in [0, 0.05) is 41.3 Å². The summed E-state index contributed by atoms with van der Waals surface area (Å²) in [4.78, 5) is 30.5. The van der Waals surface area contributed by atoms with E-state index in [1.807, 2.05) is 85.8 Å². The lowest BCUT2D eigenvalue weighted by atomic mass is 9.74. The van der Waals surface area contributed by atoms with Crippen LogP contribution in [0.25, 0.3) is 0 Å². The van der Waals surface area contributed by atoms with Crippen LogP contribution in [0.15, 0.2) is 78.9 Å². The van der Waals surface area contributed by atoms with Gasteiger partial charge in [-0.3, -0.25) is 14.5 Å². The lowest BCUT2D eigenvalue weighted by Gasteiger charge is -2.41. The first-order chi connectivity index (χ1) is 15.2. The molecule has 0 saturated carbocycles. The molecule has 5 nitrogen and oxygen atoms in total. The van der Waals surface area contributed by atoms with E-state index in [0.717, 1.165) is 34.5 Å². The van der Waals surface area contributed by atoms with Crippen LogP contribution in [0.5, 0.6) is 5.75 Å². The predicted octanol–water partition coefficient (Wildman–Crippen LogP) is 4.14. The van der Waals surface area contributed by atoms with Crippen molar-refractivity contribution in [1.29, 1.82) is 0 Å². The monoisotopic (exact) mass is 410 g/mol. The van der Waals surface area contributed by atoms with Crippen molar-refractivity contribution < 1.29 is 14.3 Å². The van der Waals surface area contributed by atoms with Gasteiger partial charge in [0.05, 0.1) is 0 Å². The van der Waals surface area contributed by atoms with Crippen LogP contribution < -0.4 is 9.64 Å². The van der Waals surface area contributed by atoms with Crippen molar-refractivity contribution in [3.8, 4) is 5.75 Å². The maximum atomic E-state index is 14.2. The van der Waals surface area contributed by atoms with Crippen molar-refractivity contribution in [2.75, 3.05) is 11.4 Å². The van der Waals surface area contributed by atoms with Gasteiger partial charge < -0.3 is 9.64 Å². The number of amides is 2. The van der Waals surface area contributed by atoms with E-state index < -0.39 is 11.3 Å². The molecule has 2 bridgehead atoms. The molecule has 3 aromatic carbocycles. The average Bonchev–Trinajstić information content (AvgIpc) is 3.22. The number of para-hydroxylation sites is 2. The Morgan fingerprint density at radius 1 is 1.00 bits per heavy atom. The molecule has 1 fully saturated rings. The Hall–Kier alpha value is -3.60. The third-order valence-corrected chi connectivity index (χ3v) is 7.15. The Kier molecular flexibility index (Phi) is 3.64. The van der Waals surface area contributed by atoms with E-state index in [0.29, 0.717) is 13.0 Å². The zero-order valence-corrected chi connectivity index (χ0v) is 17.2. The van der Waals surface area contributed by atoms with E-state index in [2.05, 4.69) is 0 Å². The Morgan fingerprint density at radius 2 is 1.71 bits per heavy atom. The summed E-state index contributed by atoms with van der Waals surface area (Å²) in [7, 11) is 0. The molecule has 3 aliphatic rings. The normalized spacial score (nSPS) is 27.8. The van der Waals surface area contributed by atoms with Gasteiger partial charge in [-0.2, -0.15) is 0 Å². The molecule has 6 rings (SSSR count). The van der Waals surface area contributed by atoms with Crippen molar-refractivity contribution in [2.45, 2.75) is 30.5 Å². The predicted molar refractivity (Wildman–Crippen MR) is 117 cm³/mol. The van der Waals surface area contributed by atoms with Crippen LogP contribution in [-0.4, -0.2) is 23.8 Å². The van der Waals surface area contributed by atoms with Crippen molar-refractivity contribution in [1.82, 2.24) is 4.90 Å². The molecular formula is C26H22N2O3. The standard InChI is InChI=1S/C26H22N2O3/c1-2-27-22-14-8-7-13-20(22)26(24(27)30)21-16-25(28(26)17-29,18-10-4-3-5-11-18)31-23-15-9-6-12-19(21)23/h3-15,17,21H,2,16H2,1H3/t21-,25+,26+/m1/s1. The van der Waals surface area contributed by atoms with Crippen molar-refractivity contribution >= 4 is 18.0 Å². The Labute approximate surface area is 180 Å². The van der Waals surface area contributed by atoms with Gasteiger partial charge in [-0.1, -0.05) is 66.7 Å². The van der Waals surface area contributed by atoms with Gasteiger partial charge in [0.15, 0.2) is 5.54 Å². The lowest BCUT2D eigenvalue weighted by molar-refractivity contribution is -0.155. The second-order valence-electron chi connectivity index (χ2n) is 8.36. The fraction of sp³-hybridized carbons (Fsp3) is 0.231. The molecule has 0 N–H and O–H groups in total. The number of fused-ring (bicyclic) bond motifs is 7. The lowest BCUT2D eigenvalue weighted by Crippen LogP contribution is -2.57. The van der Waals surface area contributed by atoms with Gasteiger partial charge >= 0.3 is 0 Å². The maximum absolute atomic E-state index is 14.2. The topological polar surface area (TPSA) is 49.9 Å². The van der Waals surface area contributed by atoms with Crippen LogP contribution in [0, 0.1) is 0 Å². The summed E-state index contributed by atoms with van der Waals surface area (Å²) in [6.07, 6.45) is 1.33. The molecule has 3 aromatic rings. The van der Waals surface area contributed by atoms with Gasteiger partial charge in [0.1, 0.15) is 5.75 Å². The minimum absolute atomic E-state index is 0.0635. The number of carbonyl (C=O) groups is 2. The van der Waals surface area contributed by atoms with Crippen molar-refractivity contribution in [3.63, 3.8) is 0 Å². The molecule has 3 aliphatic heterocycles. The number of benzene rings is 3. The van der Waals surface area contributed by atoms with Crippen LogP contribution in [-0.2, 0) is 20.9 Å². The fourth-order valence-corrected chi connectivity index (χ4v) is 5.97. The molecular weight excluding hydrogens is 388 g/mol. The molecule has 0 aromatic heterocycles. The first-order valence-corrected chi connectivity index (χ1v) is 10.7.